The molecule has 164 valence electrons. The molecule has 1 aromatic heterocycles. The average molecular weight is 429 g/mol. The normalized spacial score (nSPS) is 13.6. The Morgan fingerprint density at radius 3 is 2.59 bits per heavy atom. The maximum atomic E-state index is 12.7. The molecule has 1 aliphatic heterocycles. The number of hydrogen-bond donors (Lipinski definition) is 3. The van der Waals surface area contributed by atoms with Crippen molar-refractivity contribution in [1.82, 2.24) is 15.1 Å². The van der Waals surface area contributed by atoms with E-state index in [9.17, 15) is 4.79 Å². The minimum Gasteiger partial charge on any atom is -0.316 e. The van der Waals surface area contributed by atoms with Crippen molar-refractivity contribution in [3.63, 3.8) is 0 Å². The fourth-order valence-corrected chi connectivity index (χ4v) is 3.77. The van der Waals surface area contributed by atoms with Crippen LogP contribution in [0.3, 0.4) is 0 Å². The fourth-order valence-electron chi connectivity index (χ4n) is 3.77. The Morgan fingerprint density at radius 1 is 1.06 bits per heavy atom. The zero-order chi connectivity index (χ0) is 22.7. The molecular formula is C25H28N6O. The highest BCUT2D eigenvalue weighted by atomic mass is 16.2. The van der Waals surface area contributed by atoms with Gasteiger partial charge in [-0.3, -0.25) is 5.32 Å². The quantitative estimate of drug-likeness (QED) is 0.577. The first-order chi connectivity index (χ1) is 15.3. The first-order valence-electron chi connectivity index (χ1n) is 10.8. The second kappa shape index (κ2) is 8.85. The molecule has 0 saturated carbocycles. The summed E-state index contributed by atoms with van der Waals surface area (Å²) in [7, 11) is 0. The molecule has 3 aromatic rings. The second-order valence-electron chi connectivity index (χ2n) is 9.05. The van der Waals surface area contributed by atoms with Crippen LogP contribution in [-0.2, 0) is 18.3 Å². The molecule has 0 radical (unpaired) electrons. The van der Waals surface area contributed by atoms with E-state index in [-0.39, 0.29) is 11.4 Å². The predicted octanol–water partition coefficient (Wildman–Crippen LogP) is 4.37. The molecule has 0 aliphatic carbocycles. The lowest BCUT2D eigenvalue weighted by atomic mass is 9.92. The van der Waals surface area contributed by atoms with Gasteiger partial charge in [-0.2, -0.15) is 10.4 Å². The van der Waals surface area contributed by atoms with Crippen LogP contribution in [0.4, 0.5) is 16.3 Å². The largest absolute Gasteiger partial charge is 0.324 e. The Morgan fingerprint density at radius 2 is 1.84 bits per heavy atom. The molecule has 0 fully saturated rings. The molecule has 0 bridgehead atoms. The summed E-state index contributed by atoms with van der Waals surface area (Å²) >= 11 is 0. The van der Waals surface area contributed by atoms with E-state index in [1.165, 1.54) is 11.1 Å². The topological polar surface area (TPSA) is 94.8 Å². The monoisotopic (exact) mass is 428 g/mol. The number of aromatic nitrogens is 2. The Bertz CT molecular complexity index is 1180. The first kappa shape index (κ1) is 21.6. The Kier molecular flexibility index (Phi) is 5.97. The maximum Gasteiger partial charge on any atom is 0.324 e. The zero-order valence-electron chi connectivity index (χ0n) is 18.7. The number of nitrogens with one attached hydrogen (secondary N) is 3. The lowest BCUT2D eigenvalue weighted by molar-refractivity contribution is 0.262. The van der Waals surface area contributed by atoms with Gasteiger partial charge in [0, 0.05) is 17.2 Å². The predicted molar refractivity (Wildman–Crippen MR) is 126 cm³/mol. The van der Waals surface area contributed by atoms with E-state index in [1.807, 2.05) is 6.07 Å². The lowest BCUT2D eigenvalue weighted by Gasteiger charge is -2.14. The molecule has 7 heteroatoms. The minimum absolute atomic E-state index is 0.172. The Hall–Kier alpha value is -3.63. The number of rotatable bonds is 3. The van der Waals surface area contributed by atoms with Gasteiger partial charge < -0.3 is 10.6 Å². The molecule has 1 aliphatic rings. The fraction of sp³-hybridized carbons (Fsp3) is 0.320. The summed E-state index contributed by atoms with van der Waals surface area (Å²) in [6.45, 7) is 8.24. The van der Waals surface area contributed by atoms with Crippen LogP contribution in [0.15, 0.2) is 48.5 Å². The number of amides is 2. The van der Waals surface area contributed by atoms with Crippen molar-refractivity contribution in [3.05, 3.63) is 70.9 Å². The number of nitrogens with zero attached hydrogens (tertiary/aromatic N) is 3. The van der Waals surface area contributed by atoms with Crippen LogP contribution in [0.2, 0.25) is 0 Å². The van der Waals surface area contributed by atoms with Crippen LogP contribution in [0.5, 0.6) is 0 Å². The summed E-state index contributed by atoms with van der Waals surface area (Å²) in [5.41, 5.74) is 5.34. The second-order valence-corrected chi connectivity index (χ2v) is 9.05. The number of benzene rings is 2. The van der Waals surface area contributed by atoms with E-state index in [0.717, 1.165) is 37.3 Å². The van der Waals surface area contributed by atoms with E-state index >= 15 is 0 Å². The van der Waals surface area contributed by atoms with Crippen molar-refractivity contribution >= 4 is 17.5 Å². The van der Waals surface area contributed by atoms with Gasteiger partial charge >= 0.3 is 6.03 Å². The van der Waals surface area contributed by atoms with Crippen molar-refractivity contribution < 1.29 is 4.79 Å². The summed E-state index contributed by atoms with van der Waals surface area (Å²) in [6, 6.07) is 16.8. The number of carbonyl (C=O) groups excluding carboxylic acids is 1. The van der Waals surface area contributed by atoms with E-state index in [2.05, 4.69) is 61.0 Å². The summed E-state index contributed by atoms with van der Waals surface area (Å²) < 4.78 is 1.80. The molecule has 32 heavy (non-hydrogen) atoms. The first-order valence-corrected chi connectivity index (χ1v) is 10.8. The highest BCUT2D eigenvalue weighted by Crippen LogP contribution is 2.28. The molecule has 2 amide bonds. The Labute approximate surface area is 188 Å². The molecular weight excluding hydrogens is 400 g/mol. The molecule has 0 unspecified atom stereocenters. The van der Waals surface area contributed by atoms with E-state index in [4.69, 9.17) is 10.4 Å². The van der Waals surface area contributed by atoms with Crippen LogP contribution in [-0.4, -0.2) is 28.9 Å². The average Bonchev–Trinajstić information content (AvgIpc) is 3.04. The van der Waals surface area contributed by atoms with Crippen molar-refractivity contribution in [1.29, 1.82) is 5.26 Å². The molecule has 4 rings (SSSR count). The summed E-state index contributed by atoms with van der Waals surface area (Å²) in [5, 5.41) is 23.1. The van der Waals surface area contributed by atoms with Crippen LogP contribution in [0.25, 0.3) is 5.69 Å². The van der Waals surface area contributed by atoms with Crippen molar-refractivity contribution in [2.24, 2.45) is 0 Å². The van der Waals surface area contributed by atoms with Gasteiger partial charge in [-0.15, -0.1) is 0 Å². The summed E-state index contributed by atoms with van der Waals surface area (Å²) in [6.07, 6.45) is 1.98. The number of urea groups is 1. The smallest absolute Gasteiger partial charge is 0.316 e. The molecule has 0 saturated heterocycles. The van der Waals surface area contributed by atoms with Crippen LogP contribution in [0.1, 0.15) is 43.2 Å². The van der Waals surface area contributed by atoms with Crippen LogP contribution in [0, 0.1) is 11.3 Å². The third-order valence-electron chi connectivity index (χ3n) is 5.55. The van der Waals surface area contributed by atoms with Gasteiger partial charge in [-0.05, 0) is 67.4 Å². The number of carbonyl (C=O) groups is 1. The number of anilines is 2. The summed E-state index contributed by atoms with van der Waals surface area (Å²) in [4.78, 5) is 12.7. The van der Waals surface area contributed by atoms with Crippen molar-refractivity contribution in [2.75, 3.05) is 23.7 Å². The maximum absolute atomic E-state index is 12.7. The van der Waals surface area contributed by atoms with Gasteiger partial charge in [0.05, 0.1) is 23.0 Å². The number of fused-ring (bicyclic) bond motifs is 1. The zero-order valence-corrected chi connectivity index (χ0v) is 18.7. The third kappa shape index (κ3) is 4.82. The van der Waals surface area contributed by atoms with Crippen molar-refractivity contribution in [2.45, 2.75) is 39.0 Å². The molecule has 0 spiro atoms. The van der Waals surface area contributed by atoms with Crippen molar-refractivity contribution in [3.8, 4) is 11.8 Å². The van der Waals surface area contributed by atoms with Gasteiger partial charge in [0.1, 0.15) is 5.82 Å². The van der Waals surface area contributed by atoms with E-state index < -0.39 is 0 Å². The van der Waals surface area contributed by atoms with Gasteiger partial charge in [0.25, 0.3) is 0 Å². The van der Waals surface area contributed by atoms with E-state index in [1.54, 1.807) is 28.9 Å². The van der Waals surface area contributed by atoms with Crippen LogP contribution < -0.4 is 16.0 Å². The van der Waals surface area contributed by atoms with E-state index in [0.29, 0.717) is 17.1 Å². The van der Waals surface area contributed by atoms with Gasteiger partial charge in [0.15, 0.2) is 0 Å². The van der Waals surface area contributed by atoms with Crippen LogP contribution >= 0.6 is 0 Å². The lowest BCUT2D eigenvalue weighted by Crippen LogP contribution is -2.21. The number of nitriles is 1. The third-order valence-corrected chi connectivity index (χ3v) is 5.55. The molecule has 2 heterocycles. The van der Waals surface area contributed by atoms with Gasteiger partial charge in [0.2, 0.25) is 0 Å². The Balaban J connectivity index is 1.64. The van der Waals surface area contributed by atoms with Gasteiger partial charge in [-0.1, -0.05) is 32.9 Å². The SMILES string of the molecule is CC(C)(C)c1cc(NC(=O)Nc2cccc(C#N)c2)n(-c2ccc3c(c2)CCNCC3)n1. The standard InChI is InChI=1S/C25H28N6O/c1-25(2,3)22-15-23(29-24(32)28-20-6-4-5-17(13-20)16-26)31(30-22)21-8-7-18-9-11-27-12-10-19(18)14-21/h4-8,13-15,27H,9-12H2,1-3H3,(H2,28,29,32). The van der Waals surface area contributed by atoms with Gasteiger partial charge in [-0.25, -0.2) is 9.48 Å². The highest BCUT2D eigenvalue weighted by Gasteiger charge is 2.22. The summed E-state index contributed by atoms with van der Waals surface area (Å²) in [5.74, 6) is 0.593. The molecule has 2 aromatic carbocycles. The molecule has 3 N–H and O–H groups in total. The number of hydrogen-bond acceptors (Lipinski definition) is 4. The molecule has 0 atom stereocenters. The minimum atomic E-state index is -0.388. The highest BCUT2D eigenvalue weighted by molar-refractivity contribution is 5.99. The molecule has 7 nitrogen and oxygen atoms in total.